The molecule has 0 aliphatic heterocycles. The summed E-state index contributed by atoms with van der Waals surface area (Å²) in [7, 11) is 1.73. The van der Waals surface area contributed by atoms with Crippen LogP contribution in [0.3, 0.4) is 0 Å². The van der Waals surface area contributed by atoms with Gasteiger partial charge in [0.25, 0.3) is 0 Å². The highest BCUT2D eigenvalue weighted by molar-refractivity contribution is 7.14. The van der Waals surface area contributed by atoms with Gasteiger partial charge in [-0.1, -0.05) is 25.4 Å². The molecular formula is C10H17ClN2OS. The molecule has 0 fully saturated rings. The van der Waals surface area contributed by atoms with Gasteiger partial charge in [-0.2, -0.15) is 0 Å². The average Bonchev–Trinajstić information content (AvgIpc) is 2.59. The van der Waals surface area contributed by atoms with Gasteiger partial charge in [-0.3, -0.25) is 0 Å². The molecule has 0 radical (unpaired) electrons. The molecule has 86 valence electrons. The predicted octanol–water partition coefficient (Wildman–Crippen LogP) is 3.27. The Morgan fingerprint density at radius 3 is 2.87 bits per heavy atom. The minimum absolute atomic E-state index is 0.203. The maximum Gasteiger partial charge on any atom is 0.184 e. The van der Waals surface area contributed by atoms with Crippen LogP contribution in [0, 0.1) is 5.41 Å². The van der Waals surface area contributed by atoms with E-state index < -0.39 is 0 Å². The molecule has 1 N–H and O–H groups in total. The fraction of sp³-hybridized carbons (Fsp3) is 0.700. The number of nitrogens with one attached hydrogen (secondary N) is 1. The number of rotatable bonds is 6. The van der Waals surface area contributed by atoms with Crippen LogP contribution < -0.4 is 5.32 Å². The molecule has 1 rings (SSSR count). The highest BCUT2D eigenvalue weighted by Crippen LogP contribution is 2.24. The monoisotopic (exact) mass is 248 g/mol. The fourth-order valence-corrected chi connectivity index (χ4v) is 1.95. The summed E-state index contributed by atoms with van der Waals surface area (Å²) < 4.78 is 5.07. The molecule has 1 heterocycles. The minimum Gasteiger partial charge on any atom is -0.385 e. The Labute approximate surface area is 99.8 Å². The van der Waals surface area contributed by atoms with E-state index in [0.717, 1.165) is 24.7 Å². The van der Waals surface area contributed by atoms with Crippen molar-refractivity contribution in [3.05, 3.63) is 10.5 Å². The third kappa shape index (κ3) is 4.82. The molecule has 0 spiro atoms. The van der Waals surface area contributed by atoms with Gasteiger partial charge in [-0.25, -0.2) is 4.98 Å². The van der Waals surface area contributed by atoms with Crippen molar-refractivity contribution in [2.24, 2.45) is 5.41 Å². The maximum absolute atomic E-state index is 5.73. The van der Waals surface area contributed by atoms with Gasteiger partial charge in [0.2, 0.25) is 0 Å². The SMILES string of the molecule is COCCC(C)(C)CNc1nc(Cl)cs1. The zero-order valence-corrected chi connectivity index (χ0v) is 10.9. The molecule has 0 saturated heterocycles. The number of ether oxygens (including phenoxy) is 1. The molecule has 0 bridgehead atoms. The van der Waals surface area contributed by atoms with Crippen molar-refractivity contribution in [2.45, 2.75) is 20.3 Å². The number of anilines is 1. The van der Waals surface area contributed by atoms with Gasteiger partial charge in [0.05, 0.1) is 0 Å². The van der Waals surface area contributed by atoms with E-state index in [4.69, 9.17) is 16.3 Å². The van der Waals surface area contributed by atoms with E-state index in [1.807, 2.05) is 5.38 Å². The summed E-state index contributed by atoms with van der Waals surface area (Å²) in [4.78, 5) is 4.14. The summed E-state index contributed by atoms with van der Waals surface area (Å²) in [5.41, 5.74) is 0.203. The number of hydrogen-bond acceptors (Lipinski definition) is 4. The van der Waals surface area contributed by atoms with E-state index in [0.29, 0.717) is 5.15 Å². The molecule has 15 heavy (non-hydrogen) atoms. The topological polar surface area (TPSA) is 34.1 Å². The predicted molar refractivity (Wildman–Crippen MR) is 65.9 cm³/mol. The Balaban J connectivity index is 2.35. The van der Waals surface area contributed by atoms with Crippen molar-refractivity contribution in [3.63, 3.8) is 0 Å². The lowest BCUT2D eigenvalue weighted by Crippen LogP contribution is -2.24. The Kier molecular flexibility index (Phi) is 4.83. The van der Waals surface area contributed by atoms with Crippen LogP contribution >= 0.6 is 22.9 Å². The molecular weight excluding hydrogens is 232 g/mol. The summed E-state index contributed by atoms with van der Waals surface area (Å²) >= 11 is 7.26. The lowest BCUT2D eigenvalue weighted by molar-refractivity contribution is 0.157. The second-order valence-electron chi connectivity index (χ2n) is 4.24. The number of aromatic nitrogens is 1. The van der Waals surface area contributed by atoms with Crippen LogP contribution in [0.2, 0.25) is 5.15 Å². The minimum atomic E-state index is 0.203. The van der Waals surface area contributed by atoms with E-state index in [-0.39, 0.29) is 5.41 Å². The van der Waals surface area contributed by atoms with Gasteiger partial charge >= 0.3 is 0 Å². The largest absolute Gasteiger partial charge is 0.385 e. The molecule has 0 amide bonds. The third-order valence-electron chi connectivity index (χ3n) is 2.18. The van der Waals surface area contributed by atoms with Crippen molar-refractivity contribution in [3.8, 4) is 0 Å². The summed E-state index contributed by atoms with van der Waals surface area (Å²) in [6, 6.07) is 0. The first-order valence-corrected chi connectivity index (χ1v) is 6.13. The number of thiazole rings is 1. The van der Waals surface area contributed by atoms with Gasteiger partial charge in [0.1, 0.15) is 5.15 Å². The van der Waals surface area contributed by atoms with Crippen LogP contribution in [0.1, 0.15) is 20.3 Å². The van der Waals surface area contributed by atoms with E-state index in [2.05, 4.69) is 24.1 Å². The molecule has 0 atom stereocenters. The van der Waals surface area contributed by atoms with Gasteiger partial charge in [-0.05, 0) is 11.8 Å². The molecule has 1 aromatic heterocycles. The van der Waals surface area contributed by atoms with E-state index >= 15 is 0 Å². The number of nitrogens with zero attached hydrogens (tertiary/aromatic N) is 1. The highest BCUT2D eigenvalue weighted by atomic mass is 35.5. The standard InChI is InChI=1S/C10H17ClN2OS/c1-10(2,4-5-14-3)7-12-9-13-8(11)6-15-9/h6H,4-5,7H2,1-3H3,(H,12,13). The average molecular weight is 249 g/mol. The molecule has 0 aromatic carbocycles. The van der Waals surface area contributed by atoms with Crippen LogP contribution in [0.5, 0.6) is 0 Å². The van der Waals surface area contributed by atoms with Crippen LogP contribution in [0.4, 0.5) is 5.13 Å². The smallest absolute Gasteiger partial charge is 0.184 e. The number of hydrogen-bond donors (Lipinski definition) is 1. The van der Waals surface area contributed by atoms with Crippen LogP contribution in [-0.2, 0) is 4.74 Å². The van der Waals surface area contributed by atoms with Crippen LogP contribution in [0.25, 0.3) is 0 Å². The zero-order valence-electron chi connectivity index (χ0n) is 9.34. The number of methoxy groups -OCH3 is 1. The molecule has 1 aromatic rings. The van der Waals surface area contributed by atoms with Crippen LogP contribution in [0.15, 0.2) is 5.38 Å². The van der Waals surface area contributed by atoms with Crippen molar-refractivity contribution < 1.29 is 4.74 Å². The highest BCUT2D eigenvalue weighted by Gasteiger charge is 2.17. The van der Waals surface area contributed by atoms with Crippen LogP contribution in [-0.4, -0.2) is 25.2 Å². The first kappa shape index (κ1) is 12.7. The van der Waals surface area contributed by atoms with E-state index in [1.165, 1.54) is 11.3 Å². The lowest BCUT2D eigenvalue weighted by atomic mass is 9.90. The van der Waals surface area contributed by atoms with Gasteiger partial charge < -0.3 is 10.1 Å². The lowest BCUT2D eigenvalue weighted by Gasteiger charge is -2.24. The van der Waals surface area contributed by atoms with Gasteiger partial charge in [-0.15, -0.1) is 11.3 Å². The van der Waals surface area contributed by atoms with Gasteiger partial charge in [0, 0.05) is 25.6 Å². The summed E-state index contributed by atoms with van der Waals surface area (Å²) in [5.74, 6) is 0. The zero-order chi connectivity index (χ0) is 11.3. The summed E-state index contributed by atoms with van der Waals surface area (Å²) in [6.07, 6.45) is 1.02. The Hall–Kier alpha value is -0.320. The van der Waals surface area contributed by atoms with E-state index in [1.54, 1.807) is 7.11 Å². The molecule has 3 nitrogen and oxygen atoms in total. The van der Waals surface area contributed by atoms with Crippen molar-refractivity contribution >= 4 is 28.1 Å². The van der Waals surface area contributed by atoms with Gasteiger partial charge in [0.15, 0.2) is 5.13 Å². The second kappa shape index (κ2) is 5.68. The summed E-state index contributed by atoms with van der Waals surface area (Å²) in [5, 5.41) is 6.54. The third-order valence-corrected chi connectivity index (χ3v) is 3.30. The first-order valence-electron chi connectivity index (χ1n) is 4.87. The van der Waals surface area contributed by atoms with Crippen molar-refractivity contribution in [2.75, 3.05) is 25.6 Å². The van der Waals surface area contributed by atoms with E-state index in [9.17, 15) is 0 Å². The molecule has 0 aliphatic carbocycles. The molecule has 5 heteroatoms. The number of halogens is 1. The van der Waals surface area contributed by atoms with Crippen molar-refractivity contribution in [1.82, 2.24) is 4.98 Å². The Morgan fingerprint density at radius 1 is 1.60 bits per heavy atom. The Bertz CT molecular complexity index is 301. The first-order chi connectivity index (χ1) is 7.03. The maximum atomic E-state index is 5.73. The second-order valence-corrected chi connectivity index (χ2v) is 5.48. The fourth-order valence-electron chi connectivity index (χ4n) is 1.12. The molecule has 0 saturated carbocycles. The molecule has 0 unspecified atom stereocenters. The Morgan fingerprint density at radius 2 is 2.33 bits per heavy atom. The quantitative estimate of drug-likeness (QED) is 0.839. The van der Waals surface area contributed by atoms with Crippen molar-refractivity contribution in [1.29, 1.82) is 0 Å². The molecule has 0 aliphatic rings. The summed E-state index contributed by atoms with van der Waals surface area (Å²) in [6.45, 7) is 6.07. The normalized spacial score (nSPS) is 11.7.